The van der Waals surface area contributed by atoms with Gasteiger partial charge in [0.05, 0.1) is 7.11 Å². The molecular formula is C19H27N5O. The minimum atomic E-state index is 0.440. The van der Waals surface area contributed by atoms with Crippen LogP contribution in [0.5, 0.6) is 5.75 Å². The Kier molecular flexibility index (Phi) is 5.38. The van der Waals surface area contributed by atoms with Crippen LogP contribution in [-0.4, -0.2) is 62.3 Å². The zero-order chi connectivity index (χ0) is 17.8. The van der Waals surface area contributed by atoms with Gasteiger partial charge in [0, 0.05) is 53.0 Å². The minimum Gasteiger partial charge on any atom is -0.497 e. The molecule has 6 heteroatoms. The molecule has 0 aliphatic carbocycles. The van der Waals surface area contributed by atoms with E-state index in [0.29, 0.717) is 6.04 Å². The molecule has 1 aliphatic rings. The van der Waals surface area contributed by atoms with Crippen LogP contribution in [0.2, 0.25) is 0 Å². The summed E-state index contributed by atoms with van der Waals surface area (Å²) in [6.07, 6.45) is 2.96. The van der Waals surface area contributed by atoms with Crippen molar-refractivity contribution >= 4 is 11.8 Å². The van der Waals surface area contributed by atoms with Crippen molar-refractivity contribution in [3.8, 4) is 5.75 Å². The van der Waals surface area contributed by atoms with E-state index >= 15 is 0 Å². The molecule has 1 saturated heterocycles. The molecule has 2 heterocycles. The average molecular weight is 341 g/mol. The van der Waals surface area contributed by atoms with Gasteiger partial charge in [-0.2, -0.15) is 4.98 Å². The van der Waals surface area contributed by atoms with E-state index in [1.807, 2.05) is 43.4 Å². The van der Waals surface area contributed by atoms with Crippen LogP contribution >= 0.6 is 0 Å². The maximum atomic E-state index is 5.23. The molecule has 2 aromatic rings. The molecule has 6 nitrogen and oxygen atoms in total. The monoisotopic (exact) mass is 341 g/mol. The van der Waals surface area contributed by atoms with Gasteiger partial charge in [0.2, 0.25) is 5.95 Å². The van der Waals surface area contributed by atoms with E-state index in [2.05, 4.69) is 38.9 Å². The summed E-state index contributed by atoms with van der Waals surface area (Å²) < 4.78 is 5.23. The zero-order valence-corrected chi connectivity index (χ0v) is 15.5. The number of benzene rings is 1. The van der Waals surface area contributed by atoms with Crippen molar-refractivity contribution in [2.24, 2.45) is 0 Å². The van der Waals surface area contributed by atoms with Gasteiger partial charge >= 0.3 is 0 Å². The third kappa shape index (κ3) is 4.20. The molecule has 1 aromatic carbocycles. The Balaban J connectivity index is 1.60. The highest BCUT2D eigenvalue weighted by molar-refractivity contribution is 5.42. The summed E-state index contributed by atoms with van der Waals surface area (Å²) in [6, 6.07) is 10.7. The number of methoxy groups -OCH3 is 1. The third-order valence-corrected chi connectivity index (χ3v) is 4.76. The molecule has 3 rings (SSSR count). The second-order valence-electron chi connectivity index (χ2n) is 6.75. The minimum absolute atomic E-state index is 0.440. The molecule has 1 fully saturated rings. The van der Waals surface area contributed by atoms with Crippen molar-refractivity contribution in [3.63, 3.8) is 0 Å². The summed E-state index contributed by atoms with van der Waals surface area (Å²) in [5.41, 5.74) is 1.31. The Morgan fingerprint density at radius 1 is 1.16 bits per heavy atom. The van der Waals surface area contributed by atoms with Gasteiger partial charge in [-0.3, -0.25) is 4.90 Å². The van der Waals surface area contributed by atoms with E-state index in [-0.39, 0.29) is 0 Å². The van der Waals surface area contributed by atoms with Crippen molar-refractivity contribution in [1.29, 1.82) is 0 Å². The predicted molar refractivity (Wildman–Crippen MR) is 101 cm³/mol. The maximum Gasteiger partial charge on any atom is 0.227 e. The fourth-order valence-corrected chi connectivity index (χ4v) is 3.18. The Bertz CT molecular complexity index is 688. The first-order chi connectivity index (χ1) is 12.1. The highest BCUT2D eigenvalue weighted by Crippen LogP contribution is 2.22. The zero-order valence-electron chi connectivity index (χ0n) is 15.5. The number of ether oxygens (including phenoxy) is 1. The van der Waals surface area contributed by atoms with Crippen molar-refractivity contribution in [1.82, 2.24) is 14.9 Å². The molecule has 1 unspecified atom stereocenters. The van der Waals surface area contributed by atoms with Crippen molar-refractivity contribution in [2.75, 3.05) is 51.1 Å². The van der Waals surface area contributed by atoms with Crippen LogP contribution in [0.1, 0.15) is 12.0 Å². The SMILES string of the molecule is COc1ccc(CN2CCC(N(C)c3nccc(N(C)C)n3)C2)cc1. The normalized spacial score (nSPS) is 17.5. The summed E-state index contributed by atoms with van der Waals surface area (Å²) in [4.78, 5) is 15.8. The van der Waals surface area contributed by atoms with E-state index in [1.54, 1.807) is 7.11 Å². The number of hydrogen-bond donors (Lipinski definition) is 0. The molecule has 1 aromatic heterocycles. The second kappa shape index (κ2) is 7.70. The van der Waals surface area contributed by atoms with E-state index in [9.17, 15) is 0 Å². The molecule has 0 radical (unpaired) electrons. The first-order valence-electron chi connectivity index (χ1n) is 8.65. The van der Waals surface area contributed by atoms with Crippen molar-refractivity contribution in [3.05, 3.63) is 42.1 Å². The Morgan fingerprint density at radius 3 is 2.60 bits per heavy atom. The molecule has 0 amide bonds. The largest absolute Gasteiger partial charge is 0.497 e. The lowest BCUT2D eigenvalue weighted by Crippen LogP contribution is -2.35. The van der Waals surface area contributed by atoms with Crippen molar-refractivity contribution < 1.29 is 4.74 Å². The highest BCUT2D eigenvalue weighted by Gasteiger charge is 2.27. The Morgan fingerprint density at radius 2 is 1.92 bits per heavy atom. The number of likely N-dealkylation sites (N-methyl/N-ethyl adjacent to an activating group) is 1. The first-order valence-corrected chi connectivity index (χ1v) is 8.65. The van der Waals surface area contributed by atoms with Crippen LogP contribution in [-0.2, 0) is 6.54 Å². The number of nitrogens with zero attached hydrogens (tertiary/aromatic N) is 5. The molecular weight excluding hydrogens is 314 g/mol. The average Bonchev–Trinajstić information content (AvgIpc) is 3.10. The van der Waals surface area contributed by atoms with E-state index < -0.39 is 0 Å². The van der Waals surface area contributed by atoms with Gasteiger partial charge < -0.3 is 14.5 Å². The van der Waals surface area contributed by atoms with Crippen LogP contribution in [0.15, 0.2) is 36.5 Å². The summed E-state index contributed by atoms with van der Waals surface area (Å²) in [7, 11) is 7.79. The molecule has 25 heavy (non-hydrogen) atoms. The fourth-order valence-electron chi connectivity index (χ4n) is 3.18. The summed E-state index contributed by atoms with van der Waals surface area (Å²) >= 11 is 0. The smallest absolute Gasteiger partial charge is 0.227 e. The fraction of sp³-hybridized carbons (Fsp3) is 0.474. The molecule has 0 saturated carbocycles. The third-order valence-electron chi connectivity index (χ3n) is 4.76. The van der Waals surface area contributed by atoms with E-state index in [4.69, 9.17) is 4.74 Å². The molecule has 134 valence electrons. The maximum absolute atomic E-state index is 5.23. The van der Waals surface area contributed by atoms with Gasteiger partial charge in [0.1, 0.15) is 11.6 Å². The van der Waals surface area contributed by atoms with Crippen LogP contribution in [0.25, 0.3) is 0 Å². The molecule has 0 bridgehead atoms. The molecule has 1 aliphatic heterocycles. The van der Waals surface area contributed by atoms with Crippen LogP contribution in [0.3, 0.4) is 0 Å². The summed E-state index contributed by atoms with van der Waals surface area (Å²) in [5, 5.41) is 0. The van der Waals surface area contributed by atoms with Gasteiger partial charge in [-0.1, -0.05) is 12.1 Å². The molecule has 1 atom stereocenters. The van der Waals surface area contributed by atoms with Crippen LogP contribution < -0.4 is 14.5 Å². The second-order valence-corrected chi connectivity index (χ2v) is 6.75. The lowest BCUT2D eigenvalue weighted by Gasteiger charge is -2.25. The number of hydrogen-bond acceptors (Lipinski definition) is 6. The lowest BCUT2D eigenvalue weighted by atomic mass is 10.2. The predicted octanol–water partition coefficient (Wildman–Crippen LogP) is 2.26. The summed E-state index contributed by atoms with van der Waals surface area (Å²) in [5.74, 6) is 2.63. The number of likely N-dealkylation sites (tertiary alicyclic amines) is 1. The first kappa shape index (κ1) is 17.5. The van der Waals surface area contributed by atoms with Gasteiger partial charge in [0.15, 0.2) is 0 Å². The van der Waals surface area contributed by atoms with Gasteiger partial charge in [-0.25, -0.2) is 4.98 Å². The van der Waals surface area contributed by atoms with Gasteiger partial charge in [-0.15, -0.1) is 0 Å². The summed E-state index contributed by atoms with van der Waals surface area (Å²) in [6.45, 7) is 3.08. The van der Waals surface area contributed by atoms with Gasteiger partial charge in [-0.05, 0) is 30.2 Å². The van der Waals surface area contributed by atoms with Crippen molar-refractivity contribution in [2.45, 2.75) is 19.0 Å². The van der Waals surface area contributed by atoms with E-state index in [0.717, 1.165) is 43.6 Å². The lowest BCUT2D eigenvalue weighted by molar-refractivity contribution is 0.325. The standard InChI is InChI=1S/C19H27N5O/c1-22(2)18-9-11-20-19(21-18)23(3)16-10-12-24(14-16)13-15-5-7-17(25-4)8-6-15/h5-9,11,16H,10,12-14H2,1-4H3. The molecule has 0 spiro atoms. The quantitative estimate of drug-likeness (QED) is 0.803. The Hall–Kier alpha value is -2.34. The van der Waals surface area contributed by atoms with E-state index in [1.165, 1.54) is 5.56 Å². The van der Waals surface area contributed by atoms with Crippen LogP contribution in [0.4, 0.5) is 11.8 Å². The number of aromatic nitrogens is 2. The highest BCUT2D eigenvalue weighted by atomic mass is 16.5. The number of rotatable bonds is 6. The molecule has 0 N–H and O–H groups in total. The number of anilines is 2. The van der Waals surface area contributed by atoms with Gasteiger partial charge in [0.25, 0.3) is 0 Å². The topological polar surface area (TPSA) is 44.7 Å². The van der Waals surface area contributed by atoms with Crippen LogP contribution in [0, 0.1) is 0 Å². The Labute approximate surface area is 150 Å².